The summed E-state index contributed by atoms with van der Waals surface area (Å²) in [6, 6.07) is 5.30. The molecule has 3 rings (SSSR count). The summed E-state index contributed by atoms with van der Waals surface area (Å²) in [6.07, 6.45) is 2.57. The molecule has 9 heteroatoms. The Morgan fingerprint density at radius 2 is 2.21 bits per heavy atom. The van der Waals surface area contributed by atoms with Crippen LogP contribution in [0.15, 0.2) is 29.3 Å². The van der Waals surface area contributed by atoms with Gasteiger partial charge in [-0.05, 0) is 23.8 Å². The van der Waals surface area contributed by atoms with Crippen LogP contribution in [-0.2, 0) is 16.0 Å². The Kier molecular flexibility index (Phi) is 6.77. The number of likely N-dealkylation sites (N-methyl/N-ethyl adjacent to an activating group) is 1. The highest BCUT2D eigenvalue weighted by molar-refractivity contribution is 7.99. The lowest BCUT2D eigenvalue weighted by Gasteiger charge is -2.17. The summed E-state index contributed by atoms with van der Waals surface area (Å²) in [6.45, 7) is 1.31. The highest BCUT2D eigenvalue weighted by Gasteiger charge is 2.20. The van der Waals surface area contributed by atoms with Gasteiger partial charge < -0.3 is 19.9 Å². The van der Waals surface area contributed by atoms with Crippen LogP contribution in [0.2, 0.25) is 5.02 Å². The highest BCUT2D eigenvalue weighted by Crippen LogP contribution is 2.35. The van der Waals surface area contributed by atoms with Gasteiger partial charge in [-0.25, -0.2) is 0 Å². The molecule has 0 bridgehead atoms. The van der Waals surface area contributed by atoms with Gasteiger partial charge >= 0.3 is 0 Å². The van der Waals surface area contributed by atoms with Gasteiger partial charge in [0.25, 0.3) is 5.91 Å². The molecule has 1 aliphatic heterocycles. The van der Waals surface area contributed by atoms with Crippen molar-refractivity contribution in [2.45, 2.75) is 11.3 Å². The van der Waals surface area contributed by atoms with Gasteiger partial charge in [0.2, 0.25) is 5.91 Å². The van der Waals surface area contributed by atoms with E-state index in [1.54, 1.807) is 37.1 Å². The molecule has 0 saturated carbocycles. The van der Waals surface area contributed by atoms with E-state index in [2.05, 4.69) is 10.3 Å². The van der Waals surface area contributed by atoms with Gasteiger partial charge in [-0.2, -0.15) is 0 Å². The van der Waals surface area contributed by atoms with Gasteiger partial charge in [-0.15, -0.1) is 11.8 Å². The molecule has 2 heterocycles. The van der Waals surface area contributed by atoms with Crippen LogP contribution < -0.4 is 5.32 Å². The van der Waals surface area contributed by atoms with Gasteiger partial charge in [-0.1, -0.05) is 11.6 Å². The van der Waals surface area contributed by atoms with E-state index in [1.165, 1.54) is 4.90 Å². The highest BCUT2D eigenvalue weighted by atomic mass is 35.5. The fourth-order valence-corrected chi connectivity index (χ4v) is 3.99. The summed E-state index contributed by atoms with van der Waals surface area (Å²) in [5, 5.41) is 3.38. The van der Waals surface area contributed by atoms with Crippen LogP contribution in [0, 0.1) is 0 Å². The van der Waals surface area contributed by atoms with Crippen LogP contribution in [0.4, 0.5) is 5.69 Å². The largest absolute Gasteiger partial charge is 0.379 e. The normalized spacial score (nSPS) is 12.6. The van der Waals surface area contributed by atoms with Crippen molar-refractivity contribution in [3.63, 3.8) is 0 Å². The molecule has 7 nitrogen and oxygen atoms in total. The van der Waals surface area contributed by atoms with E-state index in [0.29, 0.717) is 48.8 Å². The van der Waals surface area contributed by atoms with Crippen molar-refractivity contribution >= 4 is 47.2 Å². The molecule has 1 aromatic heterocycles. The summed E-state index contributed by atoms with van der Waals surface area (Å²) < 4.78 is 5.60. The Bertz CT molecular complexity index is 899. The second-order valence-corrected chi connectivity index (χ2v) is 7.82. The number of ether oxygens (including phenoxy) is 1. The smallest absolute Gasteiger partial charge is 0.255 e. The summed E-state index contributed by atoms with van der Waals surface area (Å²) in [4.78, 5) is 39.8. The van der Waals surface area contributed by atoms with Gasteiger partial charge in [0.05, 0.1) is 35.9 Å². The number of nitrogens with zero attached hydrogens (tertiary/aromatic N) is 1. The molecule has 0 unspecified atom stereocenters. The van der Waals surface area contributed by atoms with Crippen molar-refractivity contribution in [1.29, 1.82) is 0 Å². The van der Waals surface area contributed by atoms with Crippen molar-refractivity contribution in [3.8, 4) is 0 Å². The van der Waals surface area contributed by atoms with Crippen LogP contribution in [-0.4, -0.2) is 60.5 Å². The fraction of sp³-hybridized carbons (Fsp3) is 0.316. The number of rotatable bonds is 9. The molecule has 2 N–H and O–H groups in total. The molecule has 0 atom stereocenters. The molecule has 2 aromatic rings. The van der Waals surface area contributed by atoms with Crippen LogP contribution in [0.25, 0.3) is 0 Å². The first-order chi connectivity index (χ1) is 13.5. The molecular weight excluding hydrogens is 402 g/mol. The monoisotopic (exact) mass is 421 g/mol. The molecule has 0 radical (unpaired) electrons. The third kappa shape index (κ3) is 4.76. The molecule has 1 aromatic carbocycles. The number of aldehydes is 1. The number of aromatic nitrogens is 1. The minimum absolute atomic E-state index is 0.0184. The minimum Gasteiger partial charge on any atom is -0.379 e. The first-order valence-corrected chi connectivity index (χ1v) is 10.1. The van der Waals surface area contributed by atoms with Gasteiger partial charge in [-0.3, -0.25) is 14.4 Å². The number of H-pyrrole nitrogens is 1. The molecule has 0 fully saturated rings. The Balaban J connectivity index is 1.39. The predicted octanol–water partition coefficient (Wildman–Crippen LogP) is 2.86. The average molecular weight is 422 g/mol. The SMILES string of the molecule is CN(CCOCCSc1cc2c(cc1Cl)NC(=O)C2)C(=O)c1cc[nH]c1C=O. The molecule has 148 valence electrons. The fourth-order valence-electron chi connectivity index (χ4n) is 2.82. The number of carbonyl (C=O) groups is 3. The Morgan fingerprint density at radius 3 is 3.00 bits per heavy atom. The zero-order valence-electron chi connectivity index (χ0n) is 15.3. The van der Waals surface area contributed by atoms with E-state index < -0.39 is 0 Å². The molecule has 0 spiro atoms. The molecule has 28 heavy (non-hydrogen) atoms. The maximum Gasteiger partial charge on any atom is 0.255 e. The third-order valence-corrected chi connectivity index (χ3v) is 5.76. The van der Waals surface area contributed by atoms with Gasteiger partial charge in [0.1, 0.15) is 0 Å². The van der Waals surface area contributed by atoms with Crippen molar-refractivity contribution in [1.82, 2.24) is 9.88 Å². The topological polar surface area (TPSA) is 91.5 Å². The Hall–Kier alpha value is -2.29. The molecule has 1 aliphatic rings. The van der Waals surface area contributed by atoms with E-state index in [9.17, 15) is 14.4 Å². The van der Waals surface area contributed by atoms with Crippen molar-refractivity contribution < 1.29 is 19.1 Å². The molecule has 2 amide bonds. The Labute approximate surface area is 171 Å². The number of thioether (sulfide) groups is 1. The van der Waals surface area contributed by atoms with Gasteiger partial charge in [0, 0.05) is 36.1 Å². The predicted molar refractivity (Wildman–Crippen MR) is 108 cm³/mol. The van der Waals surface area contributed by atoms with E-state index in [0.717, 1.165) is 16.1 Å². The third-order valence-electron chi connectivity index (χ3n) is 4.31. The Morgan fingerprint density at radius 1 is 1.39 bits per heavy atom. The summed E-state index contributed by atoms with van der Waals surface area (Å²) in [5.41, 5.74) is 2.37. The van der Waals surface area contributed by atoms with Crippen molar-refractivity contribution in [3.05, 3.63) is 46.2 Å². The zero-order valence-corrected chi connectivity index (χ0v) is 16.9. The lowest BCUT2D eigenvalue weighted by molar-refractivity contribution is -0.115. The molecular formula is C19H20ClN3O4S. The lowest BCUT2D eigenvalue weighted by Crippen LogP contribution is -2.30. The second-order valence-electron chi connectivity index (χ2n) is 6.28. The second kappa shape index (κ2) is 9.27. The van der Waals surface area contributed by atoms with Crippen LogP contribution in [0.5, 0.6) is 0 Å². The van der Waals surface area contributed by atoms with Crippen LogP contribution >= 0.6 is 23.4 Å². The zero-order chi connectivity index (χ0) is 20.1. The standard InChI is InChI=1S/C19H20ClN3O4S/c1-23(19(26)13-2-3-21-16(13)11-24)4-5-27-6-7-28-17-8-12-9-18(25)22-15(12)10-14(17)20/h2-3,8,10-11,21H,4-7,9H2,1H3,(H,22,25). The maximum absolute atomic E-state index is 12.3. The quantitative estimate of drug-likeness (QED) is 0.369. The number of nitrogens with one attached hydrogen (secondary N) is 2. The summed E-state index contributed by atoms with van der Waals surface area (Å²) in [7, 11) is 1.67. The van der Waals surface area contributed by atoms with E-state index >= 15 is 0 Å². The van der Waals surface area contributed by atoms with Crippen molar-refractivity contribution in [2.75, 3.05) is 37.9 Å². The first kappa shape index (κ1) is 20.4. The number of anilines is 1. The number of halogens is 1. The van der Waals surface area contributed by atoms with E-state index in [4.69, 9.17) is 16.3 Å². The van der Waals surface area contributed by atoms with Crippen LogP contribution in [0.3, 0.4) is 0 Å². The summed E-state index contributed by atoms with van der Waals surface area (Å²) >= 11 is 7.82. The summed E-state index contributed by atoms with van der Waals surface area (Å²) in [5.74, 6) is 0.453. The van der Waals surface area contributed by atoms with Crippen molar-refractivity contribution in [2.24, 2.45) is 0 Å². The number of carbonyl (C=O) groups excluding carboxylic acids is 3. The van der Waals surface area contributed by atoms with E-state index in [1.807, 2.05) is 6.07 Å². The maximum atomic E-state index is 12.3. The van der Waals surface area contributed by atoms with Gasteiger partial charge in [0.15, 0.2) is 6.29 Å². The lowest BCUT2D eigenvalue weighted by atomic mass is 10.2. The average Bonchev–Trinajstić information content (AvgIpc) is 3.28. The molecule has 0 saturated heterocycles. The van der Waals surface area contributed by atoms with Crippen LogP contribution in [0.1, 0.15) is 26.4 Å². The molecule has 0 aliphatic carbocycles. The number of aromatic amines is 1. The number of fused-ring (bicyclic) bond motifs is 1. The first-order valence-electron chi connectivity index (χ1n) is 8.70. The minimum atomic E-state index is -0.227. The number of hydrogen-bond donors (Lipinski definition) is 2. The number of benzene rings is 1. The number of amides is 2. The van der Waals surface area contributed by atoms with E-state index in [-0.39, 0.29) is 17.5 Å². The number of hydrogen-bond acceptors (Lipinski definition) is 5.